The Morgan fingerprint density at radius 3 is 2.79 bits per heavy atom. The van der Waals surface area contributed by atoms with Gasteiger partial charge >= 0.3 is 0 Å². The lowest BCUT2D eigenvalue weighted by Crippen LogP contribution is -2.28. The minimum atomic E-state index is -0.0233. The molecule has 1 saturated carbocycles. The van der Waals surface area contributed by atoms with Gasteiger partial charge in [-0.25, -0.2) is 9.67 Å². The van der Waals surface area contributed by atoms with Gasteiger partial charge in [-0.15, -0.1) is 0 Å². The first-order valence-corrected chi connectivity index (χ1v) is 10.5. The molecular weight excluding hydrogens is 366 g/mol. The molecule has 0 atom stereocenters. The highest BCUT2D eigenvalue weighted by molar-refractivity contribution is 5.86. The predicted octanol–water partition coefficient (Wildman–Crippen LogP) is 3.81. The molecule has 7 heteroatoms. The van der Waals surface area contributed by atoms with Gasteiger partial charge in [0.25, 0.3) is 0 Å². The first kappa shape index (κ1) is 19.6. The third-order valence-electron chi connectivity index (χ3n) is 5.83. The molecule has 0 unspecified atom stereocenters. The van der Waals surface area contributed by atoms with Crippen LogP contribution in [0.3, 0.4) is 0 Å². The van der Waals surface area contributed by atoms with Gasteiger partial charge in [0.05, 0.1) is 23.7 Å². The zero-order valence-corrected chi connectivity index (χ0v) is 17.1. The summed E-state index contributed by atoms with van der Waals surface area (Å²) in [5, 5.41) is 17.9. The van der Waals surface area contributed by atoms with Gasteiger partial charge in [0.2, 0.25) is 5.95 Å². The van der Waals surface area contributed by atoms with Crippen LogP contribution in [0.15, 0.2) is 36.7 Å². The number of benzene rings is 1. The van der Waals surface area contributed by atoms with Crippen LogP contribution < -0.4 is 10.1 Å². The van der Waals surface area contributed by atoms with Crippen molar-refractivity contribution in [1.29, 1.82) is 0 Å². The maximum atomic E-state index is 9.02. The quantitative estimate of drug-likeness (QED) is 0.633. The number of hydrogen-bond acceptors (Lipinski definition) is 6. The molecule has 2 aromatic heterocycles. The van der Waals surface area contributed by atoms with Crippen molar-refractivity contribution >= 4 is 16.9 Å². The fraction of sp³-hybridized carbons (Fsp3) is 0.500. The summed E-state index contributed by atoms with van der Waals surface area (Å²) in [6.07, 6.45) is 8.37. The fourth-order valence-corrected chi connectivity index (χ4v) is 4.14. The number of aromatic nitrogens is 4. The second-order valence-corrected chi connectivity index (χ2v) is 8.06. The van der Waals surface area contributed by atoms with Crippen LogP contribution in [-0.4, -0.2) is 44.1 Å². The molecule has 0 radical (unpaired) electrons. The van der Waals surface area contributed by atoms with Gasteiger partial charge < -0.3 is 15.2 Å². The van der Waals surface area contributed by atoms with E-state index < -0.39 is 0 Å². The smallest absolute Gasteiger partial charge is 0.224 e. The van der Waals surface area contributed by atoms with Crippen molar-refractivity contribution < 1.29 is 9.84 Å². The van der Waals surface area contributed by atoms with Crippen LogP contribution >= 0.6 is 0 Å². The number of rotatable bonds is 7. The van der Waals surface area contributed by atoms with Crippen LogP contribution in [0.1, 0.15) is 39.5 Å². The van der Waals surface area contributed by atoms with E-state index in [9.17, 15) is 0 Å². The highest BCUT2D eigenvalue weighted by atomic mass is 16.5. The molecule has 0 saturated heterocycles. The molecule has 2 heterocycles. The van der Waals surface area contributed by atoms with E-state index in [4.69, 9.17) is 14.8 Å². The van der Waals surface area contributed by atoms with Crippen molar-refractivity contribution in [3.8, 4) is 11.6 Å². The Morgan fingerprint density at radius 2 is 2.03 bits per heavy atom. The van der Waals surface area contributed by atoms with Crippen molar-refractivity contribution in [1.82, 2.24) is 19.7 Å². The summed E-state index contributed by atoms with van der Waals surface area (Å²) in [4.78, 5) is 9.12. The Kier molecular flexibility index (Phi) is 5.94. The number of ether oxygens (including phenoxy) is 1. The van der Waals surface area contributed by atoms with Crippen LogP contribution in [0.25, 0.3) is 16.7 Å². The van der Waals surface area contributed by atoms with E-state index in [0.717, 1.165) is 35.6 Å². The average Bonchev–Trinajstić information content (AvgIpc) is 3.18. The van der Waals surface area contributed by atoms with Crippen LogP contribution in [-0.2, 0) is 0 Å². The largest absolute Gasteiger partial charge is 0.490 e. The van der Waals surface area contributed by atoms with Crippen molar-refractivity contribution in [2.24, 2.45) is 11.8 Å². The van der Waals surface area contributed by atoms with Crippen LogP contribution in [0.5, 0.6) is 5.75 Å². The molecular formula is C22H29N5O2. The molecule has 0 aliphatic heterocycles. The molecule has 0 amide bonds. The average molecular weight is 396 g/mol. The number of aliphatic hydroxyl groups is 1. The molecule has 1 fully saturated rings. The molecule has 1 aliphatic rings. The molecule has 4 rings (SSSR count). The third kappa shape index (κ3) is 4.34. The van der Waals surface area contributed by atoms with Crippen molar-refractivity contribution in [2.75, 3.05) is 18.5 Å². The molecule has 0 bridgehead atoms. The van der Waals surface area contributed by atoms with E-state index in [0.29, 0.717) is 23.6 Å². The Balaban J connectivity index is 1.52. The van der Waals surface area contributed by atoms with Crippen LogP contribution in [0, 0.1) is 11.8 Å². The van der Waals surface area contributed by atoms with E-state index in [1.165, 1.54) is 12.8 Å². The van der Waals surface area contributed by atoms with Crippen molar-refractivity contribution in [3.63, 3.8) is 0 Å². The first-order chi connectivity index (χ1) is 14.2. The lowest BCUT2D eigenvalue weighted by molar-refractivity contribution is 0.203. The Bertz CT molecular complexity index is 947. The van der Waals surface area contributed by atoms with E-state index in [1.54, 1.807) is 17.1 Å². The summed E-state index contributed by atoms with van der Waals surface area (Å²) in [6.45, 7) is 4.87. The van der Waals surface area contributed by atoms with E-state index in [1.807, 2.05) is 24.3 Å². The molecule has 2 N–H and O–H groups in total. The zero-order chi connectivity index (χ0) is 20.2. The van der Waals surface area contributed by atoms with E-state index >= 15 is 0 Å². The van der Waals surface area contributed by atoms with Gasteiger partial charge in [-0.05, 0) is 49.7 Å². The number of nitrogens with zero attached hydrogens (tertiary/aromatic N) is 4. The zero-order valence-electron chi connectivity index (χ0n) is 17.1. The third-order valence-corrected chi connectivity index (χ3v) is 5.83. The highest BCUT2D eigenvalue weighted by Crippen LogP contribution is 2.31. The summed E-state index contributed by atoms with van der Waals surface area (Å²) in [5.41, 5.74) is 0.905. The second kappa shape index (κ2) is 8.78. The number of fused-ring (bicyclic) bond motifs is 1. The number of anilines is 1. The standard InChI is InChI=1S/C22H29N5O2/c1-15(2)16-6-8-17(9-7-16)25-22-23-11-10-21(26-22)27-19-4-3-5-20(29-13-12-28)18(19)14-24-27/h3-5,10-11,14-17,28H,6-9,12-13H2,1-2H3,(H,23,25,26)/t16-,17-. The molecule has 1 aliphatic carbocycles. The summed E-state index contributed by atoms with van der Waals surface area (Å²) in [6, 6.07) is 8.06. The van der Waals surface area contributed by atoms with Gasteiger partial charge in [-0.1, -0.05) is 19.9 Å². The molecule has 3 aromatic rings. The van der Waals surface area contributed by atoms with E-state index in [-0.39, 0.29) is 13.2 Å². The Hall–Kier alpha value is -2.67. The predicted molar refractivity (Wildman–Crippen MR) is 113 cm³/mol. The lowest BCUT2D eigenvalue weighted by atomic mass is 9.80. The van der Waals surface area contributed by atoms with Crippen molar-refractivity contribution in [2.45, 2.75) is 45.6 Å². The molecule has 154 valence electrons. The van der Waals surface area contributed by atoms with Gasteiger partial charge in [0.1, 0.15) is 12.4 Å². The van der Waals surface area contributed by atoms with Crippen molar-refractivity contribution in [3.05, 3.63) is 36.7 Å². The maximum Gasteiger partial charge on any atom is 0.224 e. The number of hydrogen-bond donors (Lipinski definition) is 2. The molecule has 7 nitrogen and oxygen atoms in total. The van der Waals surface area contributed by atoms with Gasteiger partial charge in [0.15, 0.2) is 5.82 Å². The summed E-state index contributed by atoms with van der Waals surface area (Å²) < 4.78 is 7.41. The molecule has 29 heavy (non-hydrogen) atoms. The topological polar surface area (TPSA) is 85.1 Å². The van der Waals surface area contributed by atoms with Gasteiger partial charge in [-0.3, -0.25) is 0 Å². The van der Waals surface area contributed by atoms with Crippen LogP contribution in [0.4, 0.5) is 5.95 Å². The Morgan fingerprint density at radius 1 is 1.21 bits per heavy atom. The Labute approximate surface area is 171 Å². The van der Waals surface area contributed by atoms with E-state index in [2.05, 4.69) is 29.2 Å². The monoisotopic (exact) mass is 395 g/mol. The SMILES string of the molecule is CC(C)[C@H]1CC[C@H](Nc2nccc(-n3ncc4c(OCCO)cccc43)n2)CC1. The minimum absolute atomic E-state index is 0.0233. The molecule has 0 spiro atoms. The summed E-state index contributed by atoms with van der Waals surface area (Å²) in [5.74, 6) is 3.66. The van der Waals surface area contributed by atoms with Crippen LogP contribution in [0.2, 0.25) is 0 Å². The molecule has 1 aromatic carbocycles. The number of nitrogens with one attached hydrogen (secondary N) is 1. The summed E-state index contributed by atoms with van der Waals surface area (Å²) >= 11 is 0. The maximum absolute atomic E-state index is 9.02. The van der Waals surface area contributed by atoms with Gasteiger partial charge in [-0.2, -0.15) is 10.1 Å². The normalized spacial score (nSPS) is 19.6. The van der Waals surface area contributed by atoms with Gasteiger partial charge in [0, 0.05) is 18.3 Å². The highest BCUT2D eigenvalue weighted by Gasteiger charge is 2.23. The lowest BCUT2D eigenvalue weighted by Gasteiger charge is -2.31. The minimum Gasteiger partial charge on any atom is -0.490 e. The fourth-order valence-electron chi connectivity index (χ4n) is 4.14. The summed E-state index contributed by atoms with van der Waals surface area (Å²) in [7, 11) is 0. The number of aliphatic hydroxyl groups excluding tert-OH is 1. The second-order valence-electron chi connectivity index (χ2n) is 8.06. The first-order valence-electron chi connectivity index (χ1n) is 10.5.